The van der Waals surface area contributed by atoms with Crippen LogP contribution < -0.4 is 5.32 Å². The predicted molar refractivity (Wildman–Crippen MR) is 92.7 cm³/mol. The number of rotatable bonds is 5. The van der Waals surface area contributed by atoms with Crippen LogP contribution in [-0.2, 0) is 14.8 Å². The summed E-state index contributed by atoms with van der Waals surface area (Å²) < 4.78 is 31.4. The van der Waals surface area contributed by atoms with Crippen molar-refractivity contribution in [1.29, 1.82) is 0 Å². The van der Waals surface area contributed by atoms with Gasteiger partial charge >= 0.3 is 5.97 Å². The van der Waals surface area contributed by atoms with Crippen molar-refractivity contribution in [2.75, 3.05) is 11.9 Å². The fraction of sp³-hybridized carbons (Fsp3) is 0.250. The molecule has 3 rings (SSSR count). The summed E-state index contributed by atoms with van der Waals surface area (Å²) in [5.41, 5.74) is 0.456. The zero-order valence-electron chi connectivity index (χ0n) is 13.4. The van der Waals surface area contributed by atoms with Crippen LogP contribution in [0, 0.1) is 0 Å². The molecule has 1 aromatic heterocycles. The van der Waals surface area contributed by atoms with E-state index < -0.39 is 38.8 Å². The second-order valence-electron chi connectivity index (χ2n) is 5.70. The molecule has 0 bridgehead atoms. The highest BCUT2D eigenvalue weighted by Crippen LogP contribution is 2.28. The van der Waals surface area contributed by atoms with Crippen LogP contribution in [0.15, 0.2) is 45.9 Å². The van der Waals surface area contributed by atoms with Gasteiger partial charge in [0.2, 0.25) is 16.8 Å². The second-order valence-corrected chi connectivity index (χ2v) is 7.96. The monoisotopic (exact) mass is 398 g/mol. The Kier molecular flexibility index (Phi) is 5.03. The van der Waals surface area contributed by atoms with Gasteiger partial charge in [0.1, 0.15) is 6.04 Å². The van der Waals surface area contributed by atoms with Gasteiger partial charge in [-0.2, -0.15) is 4.31 Å². The number of carbonyl (C=O) groups is 2. The number of nitrogens with one attached hydrogen (secondary N) is 1. The SMILES string of the molecule is O=C(O)c1ccc(S(=O)(=O)N2CCCC2C(=O)Nc2cccc(Cl)c2)o1. The lowest BCUT2D eigenvalue weighted by atomic mass is 10.2. The molecule has 26 heavy (non-hydrogen) atoms. The molecule has 0 saturated carbocycles. The van der Waals surface area contributed by atoms with Crippen LogP contribution in [0.25, 0.3) is 0 Å². The third-order valence-corrected chi connectivity index (χ3v) is 5.97. The number of hydrogen-bond donors (Lipinski definition) is 2. The fourth-order valence-corrected chi connectivity index (χ4v) is 4.53. The predicted octanol–water partition coefficient (Wildman–Crippen LogP) is 2.42. The minimum absolute atomic E-state index is 0.138. The molecule has 8 nitrogen and oxygen atoms in total. The Balaban J connectivity index is 1.82. The maximum atomic E-state index is 12.7. The zero-order valence-corrected chi connectivity index (χ0v) is 15.0. The summed E-state index contributed by atoms with van der Waals surface area (Å²) in [6, 6.07) is 7.73. The molecular weight excluding hydrogens is 384 g/mol. The number of halogens is 1. The van der Waals surface area contributed by atoms with E-state index >= 15 is 0 Å². The third-order valence-electron chi connectivity index (χ3n) is 3.95. The average Bonchev–Trinajstić information content (AvgIpc) is 3.25. The van der Waals surface area contributed by atoms with Crippen LogP contribution in [0.4, 0.5) is 5.69 Å². The lowest BCUT2D eigenvalue weighted by Crippen LogP contribution is -2.43. The summed E-state index contributed by atoms with van der Waals surface area (Å²) in [4.78, 5) is 23.4. The molecule has 2 aromatic rings. The first-order chi connectivity index (χ1) is 12.3. The molecule has 138 valence electrons. The van der Waals surface area contributed by atoms with Crippen LogP contribution in [0.3, 0.4) is 0 Å². The lowest BCUT2D eigenvalue weighted by Gasteiger charge is -2.22. The van der Waals surface area contributed by atoms with Gasteiger partial charge in [0.05, 0.1) is 0 Å². The Morgan fingerprint density at radius 2 is 2.04 bits per heavy atom. The van der Waals surface area contributed by atoms with E-state index in [1.54, 1.807) is 24.3 Å². The Morgan fingerprint density at radius 3 is 2.69 bits per heavy atom. The lowest BCUT2D eigenvalue weighted by molar-refractivity contribution is -0.119. The quantitative estimate of drug-likeness (QED) is 0.798. The molecule has 1 fully saturated rings. The molecule has 0 aliphatic carbocycles. The average molecular weight is 399 g/mol. The van der Waals surface area contributed by atoms with E-state index in [-0.39, 0.29) is 6.54 Å². The van der Waals surface area contributed by atoms with Crippen LogP contribution in [0.2, 0.25) is 5.02 Å². The van der Waals surface area contributed by atoms with Crippen molar-refractivity contribution in [2.24, 2.45) is 0 Å². The van der Waals surface area contributed by atoms with E-state index in [9.17, 15) is 18.0 Å². The Hall–Kier alpha value is -2.36. The van der Waals surface area contributed by atoms with Crippen molar-refractivity contribution >= 4 is 39.2 Å². The largest absolute Gasteiger partial charge is 0.475 e. The number of carboxylic acid groups (broad SMARTS) is 1. The summed E-state index contributed by atoms with van der Waals surface area (Å²) in [6.45, 7) is 0.138. The molecule has 1 amide bonds. The van der Waals surface area contributed by atoms with Crippen molar-refractivity contribution in [3.05, 3.63) is 47.2 Å². The molecule has 0 radical (unpaired) electrons. The molecule has 10 heteroatoms. The van der Waals surface area contributed by atoms with Crippen LogP contribution >= 0.6 is 11.6 Å². The molecule has 1 atom stereocenters. The van der Waals surface area contributed by atoms with E-state index in [0.29, 0.717) is 23.6 Å². The number of furan rings is 1. The number of anilines is 1. The van der Waals surface area contributed by atoms with Gasteiger partial charge in [-0.1, -0.05) is 17.7 Å². The summed E-state index contributed by atoms with van der Waals surface area (Å²) in [6.07, 6.45) is 0.845. The van der Waals surface area contributed by atoms with Gasteiger partial charge in [-0.05, 0) is 43.2 Å². The summed E-state index contributed by atoms with van der Waals surface area (Å²) in [5.74, 6) is -2.34. The molecule has 1 aromatic carbocycles. The zero-order chi connectivity index (χ0) is 18.9. The number of carbonyl (C=O) groups excluding carboxylic acids is 1. The molecule has 1 unspecified atom stereocenters. The van der Waals surface area contributed by atoms with Crippen molar-refractivity contribution in [1.82, 2.24) is 4.31 Å². The third kappa shape index (κ3) is 3.59. The highest BCUT2D eigenvalue weighted by molar-refractivity contribution is 7.89. The molecule has 1 aliphatic heterocycles. The van der Waals surface area contributed by atoms with Crippen molar-refractivity contribution < 1.29 is 27.5 Å². The fourth-order valence-electron chi connectivity index (χ4n) is 2.77. The number of carboxylic acids is 1. The van der Waals surface area contributed by atoms with Gasteiger partial charge in [0, 0.05) is 17.3 Å². The first-order valence-corrected chi connectivity index (χ1v) is 9.52. The van der Waals surface area contributed by atoms with Gasteiger partial charge in [-0.3, -0.25) is 4.79 Å². The van der Waals surface area contributed by atoms with Crippen molar-refractivity contribution in [3.63, 3.8) is 0 Å². The highest BCUT2D eigenvalue weighted by Gasteiger charge is 2.41. The van der Waals surface area contributed by atoms with Gasteiger partial charge < -0.3 is 14.8 Å². The van der Waals surface area contributed by atoms with Gasteiger partial charge in [-0.15, -0.1) is 0 Å². The van der Waals surface area contributed by atoms with Crippen LogP contribution in [0.1, 0.15) is 23.4 Å². The van der Waals surface area contributed by atoms with Gasteiger partial charge in [0.15, 0.2) is 0 Å². The molecule has 1 saturated heterocycles. The van der Waals surface area contributed by atoms with E-state index in [1.165, 1.54) is 0 Å². The smallest absolute Gasteiger partial charge is 0.371 e. The number of aromatic carboxylic acids is 1. The summed E-state index contributed by atoms with van der Waals surface area (Å²) >= 11 is 5.88. The van der Waals surface area contributed by atoms with Crippen LogP contribution in [-0.4, -0.2) is 42.3 Å². The van der Waals surface area contributed by atoms with E-state index in [0.717, 1.165) is 16.4 Å². The first-order valence-electron chi connectivity index (χ1n) is 7.70. The minimum atomic E-state index is -4.13. The van der Waals surface area contributed by atoms with Crippen molar-refractivity contribution in [3.8, 4) is 0 Å². The number of nitrogens with zero attached hydrogens (tertiary/aromatic N) is 1. The first kappa shape index (κ1) is 18.4. The topological polar surface area (TPSA) is 117 Å². The number of benzene rings is 1. The number of amides is 1. The minimum Gasteiger partial charge on any atom is -0.475 e. The van der Waals surface area contributed by atoms with E-state index in [4.69, 9.17) is 21.1 Å². The Labute approximate surface area is 154 Å². The Bertz CT molecular complexity index is 955. The van der Waals surface area contributed by atoms with Crippen molar-refractivity contribution in [2.45, 2.75) is 24.0 Å². The summed E-state index contributed by atoms with van der Waals surface area (Å²) in [7, 11) is -4.13. The maximum Gasteiger partial charge on any atom is 0.371 e. The maximum absolute atomic E-state index is 12.7. The normalized spacial score (nSPS) is 18.0. The summed E-state index contributed by atoms with van der Waals surface area (Å²) in [5, 5.41) is 11.5. The van der Waals surface area contributed by atoms with Gasteiger partial charge in [-0.25, -0.2) is 13.2 Å². The van der Waals surface area contributed by atoms with E-state index in [2.05, 4.69) is 5.32 Å². The van der Waals surface area contributed by atoms with E-state index in [1.807, 2.05) is 0 Å². The van der Waals surface area contributed by atoms with Crippen LogP contribution in [0.5, 0.6) is 0 Å². The number of sulfonamides is 1. The standard InChI is InChI=1S/C16H15ClN2O6S/c17-10-3-1-4-11(9-10)18-15(20)12-5-2-8-19(12)26(23,24)14-7-6-13(25-14)16(21)22/h1,3-4,6-7,9,12H,2,5,8H2,(H,18,20)(H,21,22). The molecular formula is C16H15ClN2O6S. The second kappa shape index (κ2) is 7.10. The molecule has 2 N–H and O–H groups in total. The van der Waals surface area contributed by atoms with Gasteiger partial charge in [0.25, 0.3) is 10.0 Å². The molecule has 0 spiro atoms. The molecule has 1 aliphatic rings. The Morgan fingerprint density at radius 1 is 1.27 bits per heavy atom. The highest BCUT2D eigenvalue weighted by atomic mass is 35.5. The molecule has 2 heterocycles. The number of hydrogen-bond acceptors (Lipinski definition) is 5.